The molecule has 144 valence electrons. The Morgan fingerprint density at radius 2 is 1.63 bits per heavy atom. The van der Waals surface area contributed by atoms with Crippen LogP contribution in [0.3, 0.4) is 0 Å². The second-order valence-corrected chi connectivity index (χ2v) is 8.70. The van der Waals surface area contributed by atoms with Crippen molar-refractivity contribution in [3.8, 4) is 0 Å². The maximum Gasteiger partial charge on any atom is 0.411 e. The molecule has 2 amide bonds. The standard InChI is InChI=1S/C17H19N3O5S2/c1-25-17(22)19-13-6-4-12(5-7-13)18-16(21)15-14(8-11-26-15)27(23,24)20-9-2-3-10-20/h4-8,11H,2-3,9-10H2,1H3,(H,18,21)(H,19,22). The monoisotopic (exact) mass is 409 g/mol. The van der Waals surface area contributed by atoms with Gasteiger partial charge in [-0.25, -0.2) is 13.2 Å². The van der Waals surface area contributed by atoms with Gasteiger partial charge in [0.05, 0.1) is 7.11 Å². The third-order valence-corrected chi connectivity index (χ3v) is 7.08. The zero-order valence-corrected chi connectivity index (χ0v) is 16.2. The number of hydrogen-bond acceptors (Lipinski definition) is 6. The fourth-order valence-electron chi connectivity index (χ4n) is 2.73. The van der Waals surface area contributed by atoms with Gasteiger partial charge in [0.25, 0.3) is 5.91 Å². The first-order valence-electron chi connectivity index (χ1n) is 8.26. The summed E-state index contributed by atoms with van der Waals surface area (Å²) in [6, 6.07) is 7.87. The van der Waals surface area contributed by atoms with Crippen molar-refractivity contribution < 1.29 is 22.7 Å². The van der Waals surface area contributed by atoms with Gasteiger partial charge in [0.15, 0.2) is 0 Å². The Labute approximate surface area is 161 Å². The minimum Gasteiger partial charge on any atom is -0.453 e. The molecular formula is C17H19N3O5S2. The molecule has 0 radical (unpaired) electrons. The molecule has 10 heteroatoms. The SMILES string of the molecule is COC(=O)Nc1ccc(NC(=O)c2sccc2S(=O)(=O)N2CCCC2)cc1. The number of nitrogens with zero attached hydrogens (tertiary/aromatic N) is 1. The molecule has 8 nitrogen and oxygen atoms in total. The van der Waals surface area contributed by atoms with E-state index in [0.29, 0.717) is 24.5 Å². The van der Waals surface area contributed by atoms with E-state index in [0.717, 1.165) is 24.2 Å². The molecule has 2 aromatic rings. The lowest BCUT2D eigenvalue weighted by atomic mass is 10.2. The second kappa shape index (κ2) is 8.07. The molecule has 0 saturated carbocycles. The number of methoxy groups -OCH3 is 1. The summed E-state index contributed by atoms with van der Waals surface area (Å²) >= 11 is 1.09. The Kier molecular flexibility index (Phi) is 5.78. The lowest BCUT2D eigenvalue weighted by Gasteiger charge is -2.15. The number of nitrogens with one attached hydrogen (secondary N) is 2. The number of rotatable bonds is 5. The molecule has 2 N–H and O–H groups in total. The van der Waals surface area contributed by atoms with E-state index < -0.39 is 22.0 Å². The zero-order valence-electron chi connectivity index (χ0n) is 14.6. The van der Waals surface area contributed by atoms with E-state index in [-0.39, 0.29) is 9.77 Å². The Balaban J connectivity index is 1.74. The highest BCUT2D eigenvalue weighted by Gasteiger charge is 2.31. The number of thiophene rings is 1. The molecule has 0 aliphatic carbocycles. The van der Waals surface area contributed by atoms with E-state index in [1.54, 1.807) is 29.6 Å². The van der Waals surface area contributed by atoms with Gasteiger partial charge < -0.3 is 10.1 Å². The highest BCUT2D eigenvalue weighted by Crippen LogP contribution is 2.28. The van der Waals surface area contributed by atoms with E-state index >= 15 is 0 Å². The van der Waals surface area contributed by atoms with Gasteiger partial charge >= 0.3 is 6.09 Å². The average molecular weight is 409 g/mol. The van der Waals surface area contributed by atoms with Crippen molar-refractivity contribution in [2.45, 2.75) is 17.7 Å². The molecule has 1 aromatic heterocycles. The lowest BCUT2D eigenvalue weighted by molar-refractivity contribution is 0.102. The van der Waals surface area contributed by atoms with Crippen LogP contribution in [0.1, 0.15) is 22.5 Å². The molecular weight excluding hydrogens is 390 g/mol. The number of carbonyl (C=O) groups is 2. The summed E-state index contributed by atoms with van der Waals surface area (Å²) in [4.78, 5) is 24.0. The van der Waals surface area contributed by atoms with Gasteiger partial charge in [0.1, 0.15) is 9.77 Å². The van der Waals surface area contributed by atoms with Crippen molar-refractivity contribution in [1.82, 2.24) is 4.31 Å². The first-order chi connectivity index (χ1) is 12.9. The van der Waals surface area contributed by atoms with E-state index in [2.05, 4.69) is 15.4 Å². The zero-order chi connectivity index (χ0) is 19.4. The number of benzene rings is 1. The molecule has 1 aliphatic heterocycles. The van der Waals surface area contributed by atoms with Crippen LogP contribution in [0.2, 0.25) is 0 Å². The van der Waals surface area contributed by atoms with Crippen LogP contribution in [0.25, 0.3) is 0 Å². The average Bonchev–Trinajstić information content (AvgIpc) is 3.35. The maximum absolute atomic E-state index is 12.7. The van der Waals surface area contributed by atoms with Crippen molar-refractivity contribution in [3.63, 3.8) is 0 Å². The molecule has 27 heavy (non-hydrogen) atoms. The van der Waals surface area contributed by atoms with Crippen LogP contribution in [-0.4, -0.2) is 44.9 Å². The molecule has 3 rings (SSSR count). The van der Waals surface area contributed by atoms with Crippen molar-refractivity contribution in [1.29, 1.82) is 0 Å². The van der Waals surface area contributed by atoms with Crippen molar-refractivity contribution in [2.75, 3.05) is 30.8 Å². The van der Waals surface area contributed by atoms with Crippen LogP contribution in [-0.2, 0) is 14.8 Å². The molecule has 1 fully saturated rings. The molecule has 1 aliphatic rings. The fraction of sp³-hybridized carbons (Fsp3) is 0.294. The summed E-state index contributed by atoms with van der Waals surface area (Å²) in [5.41, 5.74) is 0.988. The van der Waals surface area contributed by atoms with Gasteiger partial charge in [-0.3, -0.25) is 10.1 Å². The Morgan fingerprint density at radius 3 is 2.22 bits per heavy atom. The third-order valence-electron chi connectivity index (χ3n) is 4.09. The van der Waals surface area contributed by atoms with Crippen LogP contribution in [0.4, 0.5) is 16.2 Å². The Morgan fingerprint density at radius 1 is 1.04 bits per heavy atom. The molecule has 0 spiro atoms. The van der Waals surface area contributed by atoms with E-state index in [1.807, 2.05) is 0 Å². The predicted octanol–water partition coefficient (Wildman–Crippen LogP) is 2.96. The predicted molar refractivity (Wildman–Crippen MR) is 103 cm³/mol. The van der Waals surface area contributed by atoms with E-state index in [4.69, 9.17) is 0 Å². The number of sulfonamides is 1. The Bertz CT molecular complexity index is 932. The minimum atomic E-state index is -3.66. The van der Waals surface area contributed by atoms with Gasteiger partial charge in [-0.1, -0.05) is 0 Å². The number of ether oxygens (including phenoxy) is 1. The smallest absolute Gasteiger partial charge is 0.411 e. The summed E-state index contributed by atoms with van der Waals surface area (Å²) in [5, 5.41) is 6.79. The van der Waals surface area contributed by atoms with E-state index in [1.165, 1.54) is 17.5 Å². The molecule has 1 aromatic carbocycles. The van der Waals surface area contributed by atoms with Crippen molar-refractivity contribution in [2.24, 2.45) is 0 Å². The van der Waals surface area contributed by atoms with Gasteiger partial charge in [-0.05, 0) is 48.6 Å². The quantitative estimate of drug-likeness (QED) is 0.790. The summed E-state index contributed by atoms with van der Waals surface area (Å²) < 4.78 is 31.4. The fourth-order valence-corrected chi connectivity index (χ4v) is 5.54. The second-order valence-electron chi connectivity index (χ2n) is 5.87. The third kappa shape index (κ3) is 4.29. The van der Waals surface area contributed by atoms with Gasteiger partial charge in [-0.2, -0.15) is 4.31 Å². The largest absolute Gasteiger partial charge is 0.453 e. The number of anilines is 2. The summed E-state index contributed by atoms with van der Waals surface area (Å²) in [6.45, 7) is 0.960. The first kappa shape index (κ1) is 19.3. The summed E-state index contributed by atoms with van der Waals surface area (Å²) in [5.74, 6) is -0.489. The molecule has 0 unspecified atom stereocenters. The highest BCUT2D eigenvalue weighted by molar-refractivity contribution is 7.89. The molecule has 0 bridgehead atoms. The number of carbonyl (C=O) groups excluding carboxylic acids is 2. The van der Waals surface area contributed by atoms with Crippen LogP contribution in [0.5, 0.6) is 0 Å². The number of hydrogen-bond donors (Lipinski definition) is 2. The van der Waals surface area contributed by atoms with Crippen LogP contribution >= 0.6 is 11.3 Å². The van der Waals surface area contributed by atoms with Gasteiger partial charge in [0.2, 0.25) is 10.0 Å². The molecule has 1 saturated heterocycles. The topological polar surface area (TPSA) is 105 Å². The van der Waals surface area contributed by atoms with Crippen LogP contribution in [0.15, 0.2) is 40.6 Å². The van der Waals surface area contributed by atoms with E-state index in [9.17, 15) is 18.0 Å². The van der Waals surface area contributed by atoms with Gasteiger partial charge in [-0.15, -0.1) is 11.3 Å². The molecule has 2 heterocycles. The van der Waals surface area contributed by atoms with Crippen LogP contribution in [0, 0.1) is 0 Å². The van der Waals surface area contributed by atoms with Gasteiger partial charge in [0, 0.05) is 24.5 Å². The minimum absolute atomic E-state index is 0.0379. The summed E-state index contributed by atoms with van der Waals surface area (Å²) in [6.07, 6.45) is 1.07. The Hall–Kier alpha value is -2.43. The normalized spacial score (nSPS) is 14.7. The molecule has 0 atom stereocenters. The highest BCUT2D eigenvalue weighted by atomic mass is 32.2. The maximum atomic E-state index is 12.7. The van der Waals surface area contributed by atoms with Crippen LogP contribution < -0.4 is 10.6 Å². The van der Waals surface area contributed by atoms with Crippen molar-refractivity contribution in [3.05, 3.63) is 40.6 Å². The number of amides is 2. The summed E-state index contributed by atoms with van der Waals surface area (Å²) in [7, 11) is -2.40. The lowest BCUT2D eigenvalue weighted by Crippen LogP contribution is -2.29. The van der Waals surface area contributed by atoms with Crippen molar-refractivity contribution >= 4 is 44.7 Å². The first-order valence-corrected chi connectivity index (χ1v) is 10.6.